The maximum Gasteiger partial charge on any atom is 0.217 e. The number of hydrogen-bond donors (Lipinski definition) is 2. The Bertz CT molecular complexity index is 866. The predicted molar refractivity (Wildman–Crippen MR) is 116 cm³/mol. The fourth-order valence-electron chi connectivity index (χ4n) is 4.50. The number of methoxy groups -OCH3 is 3. The van der Waals surface area contributed by atoms with E-state index in [2.05, 4.69) is 36.5 Å². The molecular formula is C24H33N2O4+. The number of hydrogen-bond acceptors (Lipinski definition) is 4. The number of benzene rings is 2. The van der Waals surface area contributed by atoms with Crippen molar-refractivity contribution in [2.24, 2.45) is 0 Å². The third-order valence-electron chi connectivity index (χ3n) is 5.96. The molecule has 0 aliphatic carbocycles. The summed E-state index contributed by atoms with van der Waals surface area (Å²) in [4.78, 5) is 13.4. The number of rotatable bonds is 8. The molecule has 2 aromatic carbocycles. The van der Waals surface area contributed by atoms with E-state index in [0.717, 1.165) is 43.2 Å². The average molecular weight is 414 g/mol. The summed E-state index contributed by atoms with van der Waals surface area (Å²) in [5.41, 5.74) is 3.74. The summed E-state index contributed by atoms with van der Waals surface area (Å²) in [6.45, 7) is 5.57. The second-order valence-electron chi connectivity index (χ2n) is 7.78. The van der Waals surface area contributed by atoms with Crippen LogP contribution in [0.3, 0.4) is 0 Å². The molecule has 0 radical (unpaired) electrons. The number of ether oxygens (including phenoxy) is 3. The highest BCUT2D eigenvalue weighted by molar-refractivity contribution is 5.73. The Kier molecular flexibility index (Phi) is 7.21. The second-order valence-corrected chi connectivity index (χ2v) is 7.78. The molecule has 0 saturated heterocycles. The Morgan fingerprint density at radius 2 is 1.77 bits per heavy atom. The van der Waals surface area contributed by atoms with E-state index in [1.165, 1.54) is 21.6 Å². The van der Waals surface area contributed by atoms with Gasteiger partial charge in [-0.25, -0.2) is 0 Å². The highest BCUT2D eigenvalue weighted by Gasteiger charge is 2.38. The van der Waals surface area contributed by atoms with Crippen LogP contribution in [0.15, 0.2) is 36.4 Å². The van der Waals surface area contributed by atoms with Gasteiger partial charge in [0.1, 0.15) is 18.3 Å². The first-order chi connectivity index (χ1) is 14.5. The first-order valence-electron chi connectivity index (χ1n) is 10.5. The summed E-state index contributed by atoms with van der Waals surface area (Å²) in [5, 5.41) is 3.19. The fraction of sp³-hybridized carbons (Fsp3) is 0.458. The maximum absolute atomic E-state index is 11.9. The quantitative estimate of drug-likeness (QED) is 0.697. The molecule has 30 heavy (non-hydrogen) atoms. The number of fused-ring (bicyclic) bond motifs is 1. The van der Waals surface area contributed by atoms with Crippen LogP contribution in [-0.4, -0.2) is 39.8 Å². The summed E-state index contributed by atoms with van der Waals surface area (Å²) < 4.78 is 16.4. The van der Waals surface area contributed by atoms with Crippen LogP contribution in [0.5, 0.6) is 17.2 Å². The molecule has 0 saturated carbocycles. The van der Waals surface area contributed by atoms with E-state index < -0.39 is 0 Å². The molecule has 0 aromatic heterocycles. The molecule has 3 atom stereocenters. The van der Waals surface area contributed by atoms with Gasteiger partial charge in [-0.15, -0.1) is 0 Å². The van der Waals surface area contributed by atoms with Crippen molar-refractivity contribution in [3.05, 3.63) is 53.1 Å². The van der Waals surface area contributed by atoms with Crippen LogP contribution in [0.1, 0.15) is 43.0 Å². The Hall–Kier alpha value is -2.73. The monoisotopic (exact) mass is 413 g/mol. The molecule has 0 fully saturated rings. The van der Waals surface area contributed by atoms with E-state index in [1.54, 1.807) is 28.3 Å². The molecule has 1 heterocycles. The first-order valence-corrected chi connectivity index (χ1v) is 10.5. The SMILES string of the molecule is CC[C@H](NC(C)=O)[C@@H]1c2cc(OC)c(OC)cc2CC[NH+]1Cc1ccc(OC)cc1. The molecule has 6 nitrogen and oxygen atoms in total. The van der Waals surface area contributed by atoms with E-state index >= 15 is 0 Å². The smallest absolute Gasteiger partial charge is 0.217 e. The van der Waals surface area contributed by atoms with Crippen LogP contribution < -0.4 is 24.4 Å². The summed E-state index contributed by atoms with van der Waals surface area (Å²) in [7, 11) is 5.01. The summed E-state index contributed by atoms with van der Waals surface area (Å²) in [5.74, 6) is 2.33. The van der Waals surface area contributed by atoms with Gasteiger partial charge in [0.05, 0.1) is 33.9 Å². The number of amides is 1. The molecular weight excluding hydrogens is 380 g/mol. The number of carbonyl (C=O) groups is 1. The van der Waals surface area contributed by atoms with Gasteiger partial charge in [-0.3, -0.25) is 4.79 Å². The molecule has 1 aliphatic rings. The van der Waals surface area contributed by atoms with Gasteiger partial charge in [-0.05, 0) is 48.4 Å². The van der Waals surface area contributed by atoms with Crippen LogP contribution in [0.25, 0.3) is 0 Å². The first kappa shape index (κ1) is 22.0. The number of carbonyl (C=O) groups excluding carboxylic acids is 1. The summed E-state index contributed by atoms with van der Waals surface area (Å²) in [6, 6.07) is 12.6. The fourth-order valence-corrected chi connectivity index (χ4v) is 4.50. The van der Waals surface area contributed by atoms with Gasteiger partial charge < -0.3 is 24.4 Å². The van der Waals surface area contributed by atoms with E-state index in [-0.39, 0.29) is 18.0 Å². The van der Waals surface area contributed by atoms with Gasteiger partial charge in [-0.1, -0.05) is 6.92 Å². The third kappa shape index (κ3) is 4.70. The van der Waals surface area contributed by atoms with Gasteiger partial charge in [0, 0.05) is 24.5 Å². The Balaban J connectivity index is 2.00. The minimum atomic E-state index is -0.00162. The topological polar surface area (TPSA) is 61.2 Å². The van der Waals surface area contributed by atoms with Crippen molar-refractivity contribution in [1.82, 2.24) is 5.32 Å². The highest BCUT2D eigenvalue weighted by atomic mass is 16.5. The summed E-state index contributed by atoms with van der Waals surface area (Å²) in [6.07, 6.45) is 1.80. The van der Waals surface area contributed by atoms with Crippen molar-refractivity contribution in [1.29, 1.82) is 0 Å². The molecule has 1 aliphatic heterocycles. The standard InChI is InChI=1S/C24H32N2O4/c1-6-21(25-16(2)27)24-20-14-23(30-5)22(29-4)13-18(20)11-12-26(24)15-17-7-9-19(28-3)10-8-17/h7-10,13-14,21,24H,6,11-12,15H2,1-5H3,(H,25,27)/p+1/t21-,24-/m0/s1. The van der Waals surface area contributed by atoms with Crippen molar-refractivity contribution in [3.8, 4) is 17.2 Å². The van der Waals surface area contributed by atoms with Crippen molar-refractivity contribution < 1.29 is 23.9 Å². The molecule has 162 valence electrons. The molecule has 3 rings (SSSR count). The second kappa shape index (κ2) is 9.85. The molecule has 1 amide bonds. The maximum atomic E-state index is 11.9. The minimum absolute atomic E-state index is 0.00162. The van der Waals surface area contributed by atoms with Crippen LogP contribution in [0.4, 0.5) is 0 Å². The lowest BCUT2D eigenvalue weighted by atomic mass is 9.86. The van der Waals surface area contributed by atoms with E-state index in [9.17, 15) is 4.79 Å². The van der Waals surface area contributed by atoms with Crippen LogP contribution in [-0.2, 0) is 17.8 Å². The molecule has 0 spiro atoms. The van der Waals surface area contributed by atoms with Crippen molar-refractivity contribution in [2.45, 2.75) is 45.3 Å². The van der Waals surface area contributed by atoms with Crippen molar-refractivity contribution >= 4 is 5.91 Å². The lowest BCUT2D eigenvalue weighted by molar-refractivity contribution is -0.948. The predicted octanol–water partition coefficient (Wildman–Crippen LogP) is 2.31. The lowest BCUT2D eigenvalue weighted by Gasteiger charge is -2.39. The van der Waals surface area contributed by atoms with Crippen LogP contribution >= 0.6 is 0 Å². The van der Waals surface area contributed by atoms with Gasteiger partial charge >= 0.3 is 0 Å². The van der Waals surface area contributed by atoms with Crippen molar-refractivity contribution in [2.75, 3.05) is 27.9 Å². The van der Waals surface area contributed by atoms with Crippen LogP contribution in [0, 0.1) is 0 Å². The minimum Gasteiger partial charge on any atom is -0.497 e. The normalized spacial score (nSPS) is 18.8. The van der Waals surface area contributed by atoms with E-state index in [4.69, 9.17) is 14.2 Å². The van der Waals surface area contributed by atoms with E-state index in [0.29, 0.717) is 0 Å². The van der Waals surface area contributed by atoms with E-state index in [1.807, 2.05) is 12.1 Å². The Labute approximate surface area is 179 Å². The van der Waals surface area contributed by atoms with Crippen LogP contribution in [0.2, 0.25) is 0 Å². The highest BCUT2D eigenvalue weighted by Crippen LogP contribution is 2.35. The van der Waals surface area contributed by atoms with Gasteiger partial charge in [-0.2, -0.15) is 0 Å². The zero-order chi connectivity index (χ0) is 21.7. The largest absolute Gasteiger partial charge is 0.497 e. The number of quaternary nitrogens is 1. The molecule has 0 bridgehead atoms. The number of nitrogens with one attached hydrogen (secondary N) is 2. The third-order valence-corrected chi connectivity index (χ3v) is 5.96. The van der Waals surface area contributed by atoms with Gasteiger partial charge in [0.15, 0.2) is 11.5 Å². The molecule has 1 unspecified atom stereocenters. The summed E-state index contributed by atoms with van der Waals surface area (Å²) >= 11 is 0. The Morgan fingerprint density at radius 3 is 2.33 bits per heavy atom. The average Bonchev–Trinajstić information content (AvgIpc) is 2.77. The Morgan fingerprint density at radius 1 is 1.10 bits per heavy atom. The van der Waals surface area contributed by atoms with Gasteiger partial charge in [0.25, 0.3) is 0 Å². The molecule has 2 N–H and O–H groups in total. The van der Waals surface area contributed by atoms with Gasteiger partial charge in [0.2, 0.25) is 5.91 Å². The van der Waals surface area contributed by atoms with Crippen molar-refractivity contribution in [3.63, 3.8) is 0 Å². The molecule has 6 heteroatoms. The lowest BCUT2D eigenvalue weighted by Crippen LogP contribution is -3.13. The zero-order valence-corrected chi connectivity index (χ0v) is 18.6. The zero-order valence-electron chi connectivity index (χ0n) is 18.6. The molecule has 2 aromatic rings.